The molecule has 5 nitrogen and oxygen atoms in total. The maximum absolute atomic E-state index is 12.3. The van der Waals surface area contributed by atoms with Crippen LogP contribution in [0.15, 0.2) is 12.2 Å². The van der Waals surface area contributed by atoms with E-state index in [1.165, 1.54) is 6.08 Å². The van der Waals surface area contributed by atoms with Gasteiger partial charge in [-0.25, -0.2) is 4.79 Å². The second-order valence-electron chi connectivity index (χ2n) is 6.29. The van der Waals surface area contributed by atoms with Gasteiger partial charge >= 0.3 is 11.9 Å². The molecule has 0 radical (unpaired) electrons. The fourth-order valence-corrected chi connectivity index (χ4v) is 2.71. The van der Waals surface area contributed by atoms with Crippen molar-refractivity contribution in [3.63, 3.8) is 0 Å². The van der Waals surface area contributed by atoms with E-state index in [0.717, 1.165) is 0 Å². The fraction of sp³-hybridized carbons (Fsp3) is 0.667. The van der Waals surface area contributed by atoms with Crippen molar-refractivity contribution in [3.05, 3.63) is 12.2 Å². The zero-order valence-corrected chi connectivity index (χ0v) is 12.0. The summed E-state index contributed by atoms with van der Waals surface area (Å²) in [7, 11) is 0. The molecule has 0 bridgehead atoms. The number of hydrogen-bond acceptors (Lipinski definition) is 5. The van der Waals surface area contributed by atoms with Gasteiger partial charge in [-0.15, -0.1) is 0 Å². The number of Topliss-reactive ketones (excluding diaryl/α,β-unsaturated/α-hetero) is 1. The Bertz CT molecular complexity index is 457. The maximum Gasteiger partial charge on any atom is 0.331 e. The lowest BCUT2D eigenvalue weighted by Gasteiger charge is -2.33. The van der Waals surface area contributed by atoms with Crippen molar-refractivity contribution in [1.29, 1.82) is 0 Å². The molecule has 0 aromatic carbocycles. The monoisotopic (exact) mass is 280 g/mol. The van der Waals surface area contributed by atoms with Crippen molar-refractivity contribution >= 4 is 17.7 Å². The third kappa shape index (κ3) is 3.26. The van der Waals surface area contributed by atoms with Gasteiger partial charge in [-0.2, -0.15) is 0 Å². The molecular formula is C15H20O5. The molecule has 1 aliphatic carbocycles. The van der Waals surface area contributed by atoms with Crippen molar-refractivity contribution in [2.75, 3.05) is 0 Å². The van der Waals surface area contributed by atoms with Crippen LogP contribution in [-0.2, 0) is 23.9 Å². The zero-order chi connectivity index (χ0) is 14.9. The van der Waals surface area contributed by atoms with Crippen molar-refractivity contribution < 1.29 is 23.9 Å². The van der Waals surface area contributed by atoms with Crippen LogP contribution < -0.4 is 0 Å². The van der Waals surface area contributed by atoms with E-state index in [9.17, 15) is 14.4 Å². The predicted molar refractivity (Wildman–Crippen MR) is 70.7 cm³/mol. The predicted octanol–water partition coefficient (Wildman–Crippen LogP) is 1.80. The van der Waals surface area contributed by atoms with Crippen LogP contribution >= 0.6 is 0 Å². The van der Waals surface area contributed by atoms with Gasteiger partial charge in [-0.3, -0.25) is 9.59 Å². The Morgan fingerprint density at radius 2 is 2.05 bits per heavy atom. The summed E-state index contributed by atoms with van der Waals surface area (Å²) in [5, 5.41) is 0. The molecule has 110 valence electrons. The van der Waals surface area contributed by atoms with Crippen molar-refractivity contribution in [2.45, 2.75) is 51.7 Å². The summed E-state index contributed by atoms with van der Waals surface area (Å²) in [5.41, 5.74) is -0.637. The Balaban J connectivity index is 2.16. The Morgan fingerprint density at radius 3 is 2.60 bits per heavy atom. The molecule has 0 aromatic heterocycles. The van der Waals surface area contributed by atoms with Crippen LogP contribution in [0.1, 0.15) is 40.0 Å². The highest BCUT2D eigenvalue weighted by atomic mass is 16.6. The molecule has 1 unspecified atom stereocenters. The van der Waals surface area contributed by atoms with Crippen LogP contribution in [0, 0.1) is 11.8 Å². The Morgan fingerprint density at radius 1 is 1.35 bits per heavy atom. The SMILES string of the molecule is CC(C)(C)OC(=O)C1C(=O)CCC[C@@H]1[C@H]1C=CC(=O)O1. The molecule has 1 aliphatic heterocycles. The topological polar surface area (TPSA) is 69.7 Å². The van der Waals surface area contributed by atoms with Crippen molar-refractivity contribution in [3.8, 4) is 0 Å². The molecule has 20 heavy (non-hydrogen) atoms. The average Bonchev–Trinajstić information content (AvgIpc) is 2.73. The second kappa shape index (κ2) is 5.38. The van der Waals surface area contributed by atoms with Gasteiger partial charge in [-0.05, 0) is 39.7 Å². The first-order valence-corrected chi connectivity index (χ1v) is 6.92. The largest absolute Gasteiger partial charge is 0.459 e. The molecule has 1 saturated carbocycles. The van der Waals surface area contributed by atoms with E-state index < -0.39 is 29.6 Å². The molecule has 0 amide bonds. The average molecular weight is 280 g/mol. The highest BCUT2D eigenvalue weighted by Gasteiger charge is 2.44. The molecule has 1 fully saturated rings. The molecule has 3 atom stereocenters. The normalized spacial score (nSPS) is 30.2. The number of rotatable bonds is 2. The van der Waals surface area contributed by atoms with E-state index in [4.69, 9.17) is 9.47 Å². The van der Waals surface area contributed by atoms with Gasteiger partial charge in [0.2, 0.25) is 0 Å². The van der Waals surface area contributed by atoms with Gasteiger partial charge in [0.15, 0.2) is 0 Å². The Hall–Kier alpha value is -1.65. The number of ketones is 1. The molecule has 0 spiro atoms. The standard InChI is InChI=1S/C15H20O5/c1-15(2,3)20-14(18)13-9(5-4-6-10(13)16)11-7-8-12(17)19-11/h7-9,11,13H,4-6H2,1-3H3/t9-,11-,13?/m1/s1. The number of cyclic esters (lactones) is 1. The second-order valence-corrected chi connectivity index (χ2v) is 6.29. The van der Waals surface area contributed by atoms with Gasteiger partial charge in [-0.1, -0.05) is 0 Å². The van der Waals surface area contributed by atoms with Crippen LogP contribution in [0.2, 0.25) is 0 Å². The van der Waals surface area contributed by atoms with Gasteiger partial charge in [0.05, 0.1) is 0 Å². The molecule has 2 rings (SSSR count). The van der Waals surface area contributed by atoms with Gasteiger partial charge in [0, 0.05) is 18.4 Å². The first-order valence-electron chi connectivity index (χ1n) is 6.92. The summed E-state index contributed by atoms with van der Waals surface area (Å²) in [6.07, 6.45) is 4.25. The third-order valence-corrected chi connectivity index (χ3v) is 3.49. The number of hydrogen-bond donors (Lipinski definition) is 0. The van der Waals surface area contributed by atoms with Crippen molar-refractivity contribution in [1.82, 2.24) is 0 Å². The summed E-state index contributed by atoms with van der Waals surface area (Å²) in [4.78, 5) is 35.5. The maximum atomic E-state index is 12.3. The van der Waals surface area contributed by atoms with Crippen LogP contribution in [0.25, 0.3) is 0 Å². The third-order valence-electron chi connectivity index (χ3n) is 3.49. The van der Waals surface area contributed by atoms with Gasteiger partial charge < -0.3 is 9.47 Å². The van der Waals surface area contributed by atoms with Gasteiger partial charge in [0.1, 0.15) is 23.4 Å². The highest BCUT2D eigenvalue weighted by molar-refractivity contribution is 6.00. The smallest absolute Gasteiger partial charge is 0.331 e. The Kier molecular flexibility index (Phi) is 3.97. The lowest BCUT2D eigenvalue weighted by atomic mass is 9.75. The zero-order valence-electron chi connectivity index (χ0n) is 12.0. The summed E-state index contributed by atoms with van der Waals surface area (Å²) >= 11 is 0. The molecular weight excluding hydrogens is 260 g/mol. The van der Waals surface area contributed by atoms with E-state index in [0.29, 0.717) is 19.3 Å². The minimum atomic E-state index is -0.830. The Labute approximate surface area is 118 Å². The van der Waals surface area contributed by atoms with Gasteiger partial charge in [0.25, 0.3) is 0 Å². The van der Waals surface area contributed by atoms with Crippen LogP contribution in [0.4, 0.5) is 0 Å². The molecule has 5 heteroatoms. The highest BCUT2D eigenvalue weighted by Crippen LogP contribution is 2.35. The minimum absolute atomic E-state index is 0.119. The molecule has 1 heterocycles. The van der Waals surface area contributed by atoms with Crippen LogP contribution in [0.3, 0.4) is 0 Å². The summed E-state index contributed by atoms with van der Waals surface area (Å²) in [5.74, 6) is -2.19. The number of ether oxygens (including phenoxy) is 2. The van der Waals surface area contributed by atoms with E-state index in [1.807, 2.05) is 0 Å². The van der Waals surface area contributed by atoms with E-state index in [1.54, 1.807) is 26.8 Å². The first-order chi connectivity index (χ1) is 9.28. The number of carbonyl (C=O) groups excluding carboxylic acids is 3. The summed E-state index contributed by atoms with van der Waals surface area (Å²) < 4.78 is 10.5. The minimum Gasteiger partial charge on any atom is -0.459 e. The van der Waals surface area contributed by atoms with E-state index >= 15 is 0 Å². The fourth-order valence-electron chi connectivity index (χ4n) is 2.71. The lowest BCUT2D eigenvalue weighted by Crippen LogP contribution is -2.43. The quantitative estimate of drug-likeness (QED) is 0.570. The molecule has 0 N–H and O–H groups in total. The molecule has 0 saturated heterocycles. The van der Waals surface area contributed by atoms with Crippen LogP contribution in [0.5, 0.6) is 0 Å². The number of carbonyl (C=O) groups is 3. The van der Waals surface area contributed by atoms with E-state index in [-0.39, 0.29) is 11.7 Å². The lowest BCUT2D eigenvalue weighted by molar-refractivity contribution is -0.169. The van der Waals surface area contributed by atoms with Crippen molar-refractivity contribution in [2.24, 2.45) is 11.8 Å². The summed E-state index contributed by atoms with van der Waals surface area (Å²) in [6, 6.07) is 0. The van der Waals surface area contributed by atoms with E-state index in [2.05, 4.69) is 0 Å². The molecule has 0 aromatic rings. The number of esters is 2. The summed E-state index contributed by atoms with van der Waals surface area (Å²) in [6.45, 7) is 5.30. The molecule has 2 aliphatic rings. The first kappa shape index (κ1) is 14.8. The van der Waals surface area contributed by atoms with Crippen LogP contribution in [-0.4, -0.2) is 29.4 Å².